The molecular formula is C15H25FN4. The Morgan fingerprint density at radius 2 is 2.00 bits per heavy atom. The zero-order valence-corrected chi connectivity index (χ0v) is 12.5. The summed E-state index contributed by atoms with van der Waals surface area (Å²) in [6, 6.07) is 0.334. The van der Waals surface area contributed by atoms with E-state index in [0.29, 0.717) is 17.8 Å². The Hall–Kier alpha value is -1.39. The van der Waals surface area contributed by atoms with Gasteiger partial charge in [-0.15, -0.1) is 0 Å². The summed E-state index contributed by atoms with van der Waals surface area (Å²) < 4.78 is 13.8. The summed E-state index contributed by atoms with van der Waals surface area (Å²) in [5, 5.41) is 6.33. The topological polar surface area (TPSA) is 49.8 Å². The minimum atomic E-state index is -0.371. The Bertz CT molecular complexity index is 416. The molecule has 0 spiro atoms. The number of aromatic nitrogens is 2. The fourth-order valence-electron chi connectivity index (χ4n) is 2.70. The SMILES string of the molecule is CCCNc1ncc(F)c(NC2CCC(CC)CC2)n1. The summed E-state index contributed by atoms with van der Waals surface area (Å²) in [5.41, 5.74) is 0. The highest BCUT2D eigenvalue weighted by Gasteiger charge is 2.21. The molecule has 0 saturated heterocycles. The quantitative estimate of drug-likeness (QED) is 0.831. The van der Waals surface area contributed by atoms with Crippen molar-refractivity contribution in [2.45, 2.75) is 58.4 Å². The van der Waals surface area contributed by atoms with Crippen LogP contribution in [0.15, 0.2) is 6.20 Å². The van der Waals surface area contributed by atoms with Crippen LogP contribution in [0, 0.1) is 11.7 Å². The molecule has 1 saturated carbocycles. The second-order valence-corrected chi connectivity index (χ2v) is 5.59. The van der Waals surface area contributed by atoms with Crippen LogP contribution < -0.4 is 10.6 Å². The van der Waals surface area contributed by atoms with Gasteiger partial charge in [-0.3, -0.25) is 0 Å². The summed E-state index contributed by atoms with van der Waals surface area (Å²) in [6.07, 6.45) is 8.12. The van der Waals surface area contributed by atoms with Crippen molar-refractivity contribution < 1.29 is 4.39 Å². The maximum absolute atomic E-state index is 13.8. The molecule has 5 heteroatoms. The molecule has 1 aromatic heterocycles. The number of hydrogen-bond acceptors (Lipinski definition) is 4. The van der Waals surface area contributed by atoms with Gasteiger partial charge in [-0.2, -0.15) is 4.98 Å². The van der Waals surface area contributed by atoms with Crippen LogP contribution in [0.3, 0.4) is 0 Å². The first-order valence-corrected chi connectivity index (χ1v) is 7.75. The first-order valence-electron chi connectivity index (χ1n) is 7.75. The molecule has 1 heterocycles. The zero-order chi connectivity index (χ0) is 14.4. The average Bonchev–Trinajstić information content (AvgIpc) is 2.49. The average molecular weight is 280 g/mol. The maximum atomic E-state index is 13.8. The van der Waals surface area contributed by atoms with E-state index >= 15 is 0 Å². The zero-order valence-electron chi connectivity index (χ0n) is 12.5. The lowest BCUT2D eigenvalue weighted by Gasteiger charge is -2.28. The van der Waals surface area contributed by atoms with Crippen molar-refractivity contribution in [2.24, 2.45) is 5.92 Å². The van der Waals surface area contributed by atoms with Gasteiger partial charge in [0.15, 0.2) is 11.6 Å². The highest BCUT2D eigenvalue weighted by molar-refractivity contribution is 5.41. The van der Waals surface area contributed by atoms with Gasteiger partial charge in [0.1, 0.15) is 0 Å². The van der Waals surface area contributed by atoms with E-state index in [0.717, 1.165) is 31.7 Å². The second kappa shape index (κ2) is 7.41. The van der Waals surface area contributed by atoms with Crippen molar-refractivity contribution in [2.75, 3.05) is 17.2 Å². The number of nitrogens with zero attached hydrogens (tertiary/aromatic N) is 2. The summed E-state index contributed by atoms with van der Waals surface area (Å²) in [4.78, 5) is 8.19. The lowest BCUT2D eigenvalue weighted by atomic mass is 9.84. The molecule has 0 bridgehead atoms. The lowest BCUT2D eigenvalue weighted by Crippen LogP contribution is -2.27. The number of hydrogen-bond donors (Lipinski definition) is 2. The van der Waals surface area contributed by atoms with Crippen LogP contribution in [0.2, 0.25) is 0 Å². The van der Waals surface area contributed by atoms with Crippen molar-refractivity contribution >= 4 is 11.8 Å². The predicted molar refractivity (Wildman–Crippen MR) is 80.4 cm³/mol. The molecule has 1 fully saturated rings. The standard InChI is InChI=1S/C15H25FN4/c1-3-9-17-15-18-10-13(16)14(20-15)19-12-7-5-11(4-2)6-8-12/h10-12H,3-9H2,1-2H3,(H2,17,18,19,20). The van der Waals surface area contributed by atoms with Crippen molar-refractivity contribution in [3.63, 3.8) is 0 Å². The first kappa shape index (κ1) is 15.0. The summed E-state index contributed by atoms with van der Waals surface area (Å²) in [5.74, 6) is 1.30. The van der Waals surface area contributed by atoms with Gasteiger partial charge in [-0.05, 0) is 38.0 Å². The molecule has 2 rings (SSSR count). The first-order chi connectivity index (χ1) is 9.72. The van der Waals surface area contributed by atoms with E-state index in [9.17, 15) is 4.39 Å². The van der Waals surface area contributed by atoms with Gasteiger partial charge in [0, 0.05) is 12.6 Å². The van der Waals surface area contributed by atoms with Crippen molar-refractivity contribution in [1.82, 2.24) is 9.97 Å². The molecule has 0 radical (unpaired) electrons. The predicted octanol–water partition coefficient (Wildman–Crippen LogP) is 3.82. The fourth-order valence-corrected chi connectivity index (χ4v) is 2.70. The van der Waals surface area contributed by atoms with Gasteiger partial charge in [-0.25, -0.2) is 9.37 Å². The number of anilines is 2. The monoisotopic (exact) mass is 280 g/mol. The second-order valence-electron chi connectivity index (χ2n) is 5.59. The molecule has 1 aliphatic rings. The number of nitrogens with one attached hydrogen (secondary N) is 2. The maximum Gasteiger partial charge on any atom is 0.224 e. The van der Waals surface area contributed by atoms with Crippen molar-refractivity contribution in [3.8, 4) is 0 Å². The molecule has 0 atom stereocenters. The molecule has 1 aromatic rings. The third kappa shape index (κ3) is 4.05. The fraction of sp³-hybridized carbons (Fsp3) is 0.733. The van der Waals surface area contributed by atoms with Crippen LogP contribution in [-0.2, 0) is 0 Å². The largest absolute Gasteiger partial charge is 0.365 e. The minimum absolute atomic E-state index is 0.332. The molecule has 20 heavy (non-hydrogen) atoms. The van der Waals surface area contributed by atoms with Gasteiger partial charge in [0.2, 0.25) is 5.95 Å². The third-order valence-electron chi connectivity index (χ3n) is 4.04. The van der Waals surface area contributed by atoms with E-state index in [1.54, 1.807) is 0 Å². The summed E-state index contributed by atoms with van der Waals surface area (Å²) in [6.45, 7) is 5.11. The Balaban J connectivity index is 1.94. The van der Waals surface area contributed by atoms with Gasteiger partial charge in [0.25, 0.3) is 0 Å². The van der Waals surface area contributed by atoms with Gasteiger partial charge in [-0.1, -0.05) is 20.3 Å². The number of halogens is 1. The molecule has 0 amide bonds. The molecule has 0 unspecified atom stereocenters. The van der Waals surface area contributed by atoms with Gasteiger partial charge < -0.3 is 10.6 Å². The molecular weight excluding hydrogens is 255 g/mol. The van der Waals surface area contributed by atoms with Crippen LogP contribution in [0.25, 0.3) is 0 Å². The van der Waals surface area contributed by atoms with E-state index in [1.165, 1.54) is 25.5 Å². The summed E-state index contributed by atoms with van der Waals surface area (Å²) >= 11 is 0. The Kier molecular flexibility index (Phi) is 5.56. The third-order valence-corrected chi connectivity index (χ3v) is 4.04. The molecule has 0 aromatic carbocycles. The van der Waals surface area contributed by atoms with E-state index in [1.807, 2.05) is 0 Å². The van der Waals surface area contributed by atoms with Gasteiger partial charge >= 0.3 is 0 Å². The van der Waals surface area contributed by atoms with Crippen LogP contribution >= 0.6 is 0 Å². The smallest absolute Gasteiger partial charge is 0.224 e. The van der Waals surface area contributed by atoms with E-state index in [2.05, 4.69) is 34.4 Å². The van der Waals surface area contributed by atoms with Crippen LogP contribution in [0.5, 0.6) is 0 Å². The van der Waals surface area contributed by atoms with Crippen LogP contribution in [-0.4, -0.2) is 22.6 Å². The summed E-state index contributed by atoms with van der Waals surface area (Å²) in [7, 11) is 0. The van der Waals surface area contributed by atoms with Crippen molar-refractivity contribution in [1.29, 1.82) is 0 Å². The Morgan fingerprint density at radius 3 is 2.65 bits per heavy atom. The van der Waals surface area contributed by atoms with Crippen molar-refractivity contribution in [3.05, 3.63) is 12.0 Å². The molecule has 0 aliphatic heterocycles. The Labute approximate surface area is 120 Å². The highest BCUT2D eigenvalue weighted by atomic mass is 19.1. The molecule has 112 valence electrons. The van der Waals surface area contributed by atoms with E-state index < -0.39 is 0 Å². The normalized spacial score (nSPS) is 22.6. The van der Waals surface area contributed by atoms with E-state index in [-0.39, 0.29) is 5.82 Å². The highest BCUT2D eigenvalue weighted by Crippen LogP contribution is 2.28. The van der Waals surface area contributed by atoms with E-state index in [4.69, 9.17) is 0 Å². The van der Waals surface area contributed by atoms with Gasteiger partial charge in [0.05, 0.1) is 6.20 Å². The van der Waals surface area contributed by atoms with Crippen LogP contribution in [0.4, 0.5) is 16.2 Å². The molecule has 4 nitrogen and oxygen atoms in total. The molecule has 1 aliphatic carbocycles. The lowest BCUT2D eigenvalue weighted by molar-refractivity contribution is 0.329. The molecule has 2 N–H and O–H groups in total. The Morgan fingerprint density at radius 1 is 1.25 bits per heavy atom. The minimum Gasteiger partial charge on any atom is -0.365 e. The van der Waals surface area contributed by atoms with Crippen LogP contribution in [0.1, 0.15) is 52.4 Å². The number of rotatable bonds is 6.